The van der Waals surface area contributed by atoms with Crippen LogP contribution in [-0.4, -0.2) is 41.9 Å². The first-order valence-electron chi connectivity index (χ1n) is 7.66. The Hall–Kier alpha value is -1.98. The van der Waals surface area contributed by atoms with Gasteiger partial charge in [0.25, 0.3) is 0 Å². The second kappa shape index (κ2) is 10.9. The fourth-order valence-corrected chi connectivity index (χ4v) is 1.99. The first-order chi connectivity index (χ1) is 12.0. The maximum atomic E-state index is 12.1. The summed E-state index contributed by atoms with van der Waals surface area (Å²) < 4.78 is 42.8. The molecule has 0 aliphatic rings. The minimum Gasteiger partial charge on any atom is -0.468 e. The minimum atomic E-state index is -4.37. The SMILES string of the molecule is CN=C(NCCn1cccc1)NCc1ccc(OCC(F)(F)F)nc1.I. The molecule has 2 aromatic rings. The largest absolute Gasteiger partial charge is 0.468 e. The van der Waals surface area contributed by atoms with Crippen molar-refractivity contribution in [3.05, 3.63) is 48.4 Å². The number of hydrogen-bond acceptors (Lipinski definition) is 3. The van der Waals surface area contributed by atoms with Crippen LogP contribution in [0.3, 0.4) is 0 Å². The van der Waals surface area contributed by atoms with Crippen molar-refractivity contribution in [2.45, 2.75) is 19.3 Å². The number of hydrogen-bond donors (Lipinski definition) is 2. The van der Waals surface area contributed by atoms with Crippen LogP contribution in [0.15, 0.2) is 47.8 Å². The third-order valence-electron chi connectivity index (χ3n) is 3.19. The van der Waals surface area contributed by atoms with Crippen molar-refractivity contribution in [2.24, 2.45) is 4.99 Å². The van der Waals surface area contributed by atoms with Crippen molar-refractivity contribution in [1.29, 1.82) is 0 Å². The highest BCUT2D eigenvalue weighted by Crippen LogP contribution is 2.16. The molecule has 0 atom stereocenters. The van der Waals surface area contributed by atoms with Gasteiger partial charge in [-0.2, -0.15) is 13.2 Å². The summed E-state index contributed by atoms with van der Waals surface area (Å²) in [6.07, 6.45) is 1.05. The molecule has 0 aromatic carbocycles. The molecule has 10 heteroatoms. The smallest absolute Gasteiger partial charge is 0.422 e. The van der Waals surface area contributed by atoms with Crippen LogP contribution in [0.25, 0.3) is 0 Å². The van der Waals surface area contributed by atoms with E-state index in [0.29, 0.717) is 19.0 Å². The molecule has 2 heterocycles. The summed E-state index contributed by atoms with van der Waals surface area (Å²) >= 11 is 0. The number of aromatic nitrogens is 2. The highest BCUT2D eigenvalue weighted by Gasteiger charge is 2.28. The topological polar surface area (TPSA) is 63.5 Å². The van der Waals surface area contributed by atoms with Gasteiger partial charge in [-0.3, -0.25) is 4.99 Å². The Bertz CT molecular complexity index is 660. The van der Waals surface area contributed by atoms with Crippen molar-refractivity contribution in [2.75, 3.05) is 20.2 Å². The average molecular weight is 483 g/mol. The monoisotopic (exact) mass is 483 g/mol. The van der Waals surface area contributed by atoms with Gasteiger partial charge in [0.1, 0.15) is 0 Å². The van der Waals surface area contributed by atoms with Crippen molar-refractivity contribution in [3.63, 3.8) is 0 Å². The third-order valence-corrected chi connectivity index (χ3v) is 3.19. The number of aliphatic imine (C=N–C) groups is 1. The Morgan fingerprint density at radius 2 is 1.96 bits per heavy atom. The molecule has 0 aliphatic heterocycles. The van der Waals surface area contributed by atoms with Gasteiger partial charge in [-0.15, -0.1) is 24.0 Å². The fraction of sp³-hybridized carbons (Fsp3) is 0.375. The summed E-state index contributed by atoms with van der Waals surface area (Å²) in [7, 11) is 1.66. The van der Waals surface area contributed by atoms with Gasteiger partial charge in [0.15, 0.2) is 12.6 Å². The second-order valence-corrected chi connectivity index (χ2v) is 5.18. The van der Waals surface area contributed by atoms with Crippen molar-refractivity contribution < 1.29 is 17.9 Å². The van der Waals surface area contributed by atoms with Crippen LogP contribution in [0.2, 0.25) is 0 Å². The summed E-state index contributed by atoms with van der Waals surface area (Å²) in [5.74, 6) is 0.569. The van der Waals surface area contributed by atoms with E-state index in [1.165, 1.54) is 12.3 Å². The first kappa shape index (κ1) is 22.1. The summed E-state index contributed by atoms with van der Waals surface area (Å²) in [6, 6.07) is 6.98. The van der Waals surface area contributed by atoms with Gasteiger partial charge in [0.2, 0.25) is 5.88 Å². The zero-order valence-corrected chi connectivity index (χ0v) is 16.5. The van der Waals surface area contributed by atoms with Gasteiger partial charge in [0, 0.05) is 51.3 Å². The molecule has 0 aliphatic carbocycles. The van der Waals surface area contributed by atoms with Crippen LogP contribution in [0, 0.1) is 0 Å². The molecule has 2 N–H and O–H groups in total. The number of alkyl halides is 3. The third kappa shape index (κ3) is 8.41. The number of halogens is 4. The molecule has 6 nitrogen and oxygen atoms in total. The fourth-order valence-electron chi connectivity index (χ4n) is 1.99. The Morgan fingerprint density at radius 3 is 2.54 bits per heavy atom. The summed E-state index contributed by atoms with van der Waals surface area (Å²) in [5.41, 5.74) is 0.799. The Labute approximate surface area is 166 Å². The number of pyridine rings is 1. The van der Waals surface area contributed by atoms with E-state index in [2.05, 4.69) is 25.3 Å². The molecule has 0 amide bonds. The molecule has 0 saturated carbocycles. The zero-order valence-electron chi connectivity index (χ0n) is 14.2. The molecule has 144 valence electrons. The number of rotatable bonds is 7. The lowest BCUT2D eigenvalue weighted by molar-refractivity contribution is -0.154. The van der Waals surface area contributed by atoms with Crippen LogP contribution >= 0.6 is 24.0 Å². The second-order valence-electron chi connectivity index (χ2n) is 5.18. The van der Waals surface area contributed by atoms with Gasteiger partial charge in [0.05, 0.1) is 0 Å². The van der Waals surface area contributed by atoms with Gasteiger partial charge >= 0.3 is 6.18 Å². The standard InChI is InChI=1S/C16H20F3N5O.HI/c1-20-15(21-6-9-24-7-2-3-8-24)23-11-13-4-5-14(22-10-13)25-12-16(17,18)19;/h2-5,7-8,10H,6,9,11-12H2,1H3,(H2,20,21,23);1H. The van der Waals surface area contributed by atoms with Gasteiger partial charge in [-0.25, -0.2) is 4.98 Å². The summed E-state index contributed by atoms with van der Waals surface area (Å²) in [5, 5.41) is 6.28. The molecule has 2 aromatic heterocycles. The molecule has 0 bridgehead atoms. The van der Waals surface area contributed by atoms with Gasteiger partial charge in [-0.1, -0.05) is 6.07 Å². The van der Waals surface area contributed by atoms with Crippen LogP contribution < -0.4 is 15.4 Å². The van der Waals surface area contributed by atoms with Crippen LogP contribution in [-0.2, 0) is 13.1 Å². The maximum absolute atomic E-state index is 12.1. The molecule has 0 unspecified atom stereocenters. The van der Waals surface area contributed by atoms with E-state index in [9.17, 15) is 13.2 Å². The van der Waals surface area contributed by atoms with Crippen molar-refractivity contribution >= 4 is 29.9 Å². The lowest BCUT2D eigenvalue weighted by Gasteiger charge is -2.12. The molecular weight excluding hydrogens is 462 g/mol. The van der Waals surface area contributed by atoms with E-state index in [4.69, 9.17) is 0 Å². The predicted octanol–water partition coefficient (Wildman–Crippen LogP) is 2.81. The molecule has 0 radical (unpaired) electrons. The van der Waals surface area contributed by atoms with E-state index >= 15 is 0 Å². The zero-order chi connectivity index (χ0) is 18.1. The minimum absolute atomic E-state index is 0. The van der Waals surface area contributed by atoms with Gasteiger partial charge in [-0.05, 0) is 17.7 Å². The van der Waals surface area contributed by atoms with E-state index in [0.717, 1.165) is 12.1 Å². The maximum Gasteiger partial charge on any atom is 0.422 e. The van der Waals surface area contributed by atoms with Crippen LogP contribution in [0.5, 0.6) is 5.88 Å². The highest BCUT2D eigenvalue weighted by molar-refractivity contribution is 14.0. The Morgan fingerprint density at radius 1 is 1.23 bits per heavy atom. The van der Waals surface area contributed by atoms with E-state index in [1.807, 2.05) is 29.1 Å². The highest BCUT2D eigenvalue weighted by atomic mass is 127. The van der Waals surface area contributed by atoms with Crippen molar-refractivity contribution in [3.8, 4) is 5.88 Å². The van der Waals surface area contributed by atoms with E-state index < -0.39 is 12.8 Å². The summed E-state index contributed by atoms with van der Waals surface area (Å²) in [4.78, 5) is 7.97. The molecule has 26 heavy (non-hydrogen) atoms. The summed E-state index contributed by atoms with van der Waals surface area (Å²) in [6.45, 7) is 0.600. The normalized spacial score (nSPS) is 11.6. The average Bonchev–Trinajstić information content (AvgIpc) is 3.10. The van der Waals surface area contributed by atoms with E-state index in [1.54, 1.807) is 13.1 Å². The lowest BCUT2D eigenvalue weighted by Crippen LogP contribution is -2.38. The number of nitrogens with one attached hydrogen (secondary N) is 2. The predicted molar refractivity (Wildman–Crippen MR) is 104 cm³/mol. The number of nitrogens with zero attached hydrogens (tertiary/aromatic N) is 3. The van der Waals surface area contributed by atoms with Crippen LogP contribution in [0.1, 0.15) is 5.56 Å². The lowest BCUT2D eigenvalue weighted by atomic mass is 10.3. The van der Waals surface area contributed by atoms with E-state index in [-0.39, 0.29) is 29.9 Å². The molecular formula is C16H21F3IN5O. The Kier molecular flexibility index (Phi) is 9.24. The Balaban J connectivity index is 0.00000338. The molecule has 0 saturated heterocycles. The van der Waals surface area contributed by atoms with Crippen molar-refractivity contribution in [1.82, 2.24) is 20.2 Å². The molecule has 0 spiro atoms. The number of guanidine groups is 1. The number of ether oxygens (including phenoxy) is 1. The first-order valence-corrected chi connectivity index (χ1v) is 7.66. The molecule has 0 fully saturated rings. The van der Waals surface area contributed by atoms with Gasteiger partial charge < -0.3 is 19.9 Å². The van der Waals surface area contributed by atoms with Crippen LogP contribution in [0.4, 0.5) is 13.2 Å². The quantitative estimate of drug-likeness (QED) is 0.362. The molecule has 2 rings (SSSR count).